The molecule has 0 aromatic rings. The molecule has 1 fully saturated rings. The van der Waals surface area contributed by atoms with Crippen molar-refractivity contribution in [3.05, 3.63) is 0 Å². The Morgan fingerprint density at radius 3 is 2.89 bits per heavy atom. The van der Waals surface area contributed by atoms with Crippen molar-refractivity contribution in [3.8, 4) is 0 Å². The lowest BCUT2D eigenvalue weighted by atomic mass is 10.1. The molecule has 1 unspecified atom stereocenters. The zero-order valence-corrected chi connectivity index (χ0v) is 11.4. The molecule has 0 bridgehead atoms. The Bertz CT molecular complexity index is 301. The Hall–Kier alpha value is -0.950. The highest BCUT2D eigenvalue weighted by Crippen LogP contribution is 2.09. The van der Waals surface area contributed by atoms with Gasteiger partial charge in [-0.1, -0.05) is 0 Å². The molecule has 6 nitrogen and oxygen atoms in total. The summed E-state index contributed by atoms with van der Waals surface area (Å²) in [7, 11) is 0. The Kier molecular flexibility index (Phi) is 6.28. The van der Waals surface area contributed by atoms with Gasteiger partial charge in [0, 0.05) is 19.1 Å². The van der Waals surface area contributed by atoms with Crippen LogP contribution in [0, 0.1) is 0 Å². The third-order valence-corrected chi connectivity index (χ3v) is 3.60. The fourth-order valence-corrected chi connectivity index (χ4v) is 2.40. The average molecular weight is 275 g/mol. The summed E-state index contributed by atoms with van der Waals surface area (Å²) in [6.07, 6.45) is 4.13. The third-order valence-electron chi connectivity index (χ3n) is 2.95. The van der Waals surface area contributed by atoms with Gasteiger partial charge in [0.2, 0.25) is 0 Å². The number of hydrogen-bond donors (Lipinski definition) is 3. The minimum absolute atomic E-state index is 0.000949. The van der Waals surface area contributed by atoms with Gasteiger partial charge in [-0.3, -0.25) is 0 Å². The van der Waals surface area contributed by atoms with E-state index in [-0.39, 0.29) is 12.1 Å². The molecule has 2 atom stereocenters. The van der Waals surface area contributed by atoms with E-state index in [0.717, 1.165) is 12.8 Å². The van der Waals surface area contributed by atoms with E-state index in [1.165, 1.54) is 0 Å². The second-order valence-corrected chi connectivity index (χ2v) is 5.46. The van der Waals surface area contributed by atoms with E-state index in [9.17, 15) is 9.59 Å². The summed E-state index contributed by atoms with van der Waals surface area (Å²) >= 11 is 1.56. The fourth-order valence-electron chi connectivity index (χ4n) is 1.93. The number of carboxylic acids is 1. The highest BCUT2D eigenvalue weighted by molar-refractivity contribution is 7.98. The van der Waals surface area contributed by atoms with Crippen LogP contribution in [0.15, 0.2) is 0 Å². The van der Waals surface area contributed by atoms with Crippen molar-refractivity contribution in [2.45, 2.75) is 31.3 Å². The van der Waals surface area contributed by atoms with Gasteiger partial charge < -0.3 is 21.1 Å². The standard InChI is InChI=1S/C11H21N3O3S/c1-18-6-4-9(10(15)16)13-11(17)14-5-2-3-8(12)7-14/h8-9H,2-7,12H2,1H3,(H,13,17)(H,15,16)/t8?,9-/m0/s1. The Morgan fingerprint density at radius 1 is 1.61 bits per heavy atom. The summed E-state index contributed by atoms with van der Waals surface area (Å²) in [4.78, 5) is 24.5. The van der Waals surface area contributed by atoms with E-state index in [1.807, 2.05) is 6.26 Å². The van der Waals surface area contributed by atoms with Crippen molar-refractivity contribution in [1.82, 2.24) is 10.2 Å². The number of nitrogens with two attached hydrogens (primary N) is 1. The van der Waals surface area contributed by atoms with Gasteiger partial charge in [-0.2, -0.15) is 11.8 Å². The fraction of sp³-hybridized carbons (Fsp3) is 0.818. The maximum atomic E-state index is 11.9. The third kappa shape index (κ3) is 4.73. The number of aliphatic carboxylic acids is 1. The highest BCUT2D eigenvalue weighted by atomic mass is 32.2. The van der Waals surface area contributed by atoms with Crippen molar-refractivity contribution < 1.29 is 14.7 Å². The lowest BCUT2D eigenvalue weighted by Gasteiger charge is -2.31. The summed E-state index contributed by atoms with van der Waals surface area (Å²) in [5.74, 6) is -0.282. The first-order valence-corrected chi connectivity index (χ1v) is 7.46. The van der Waals surface area contributed by atoms with Crippen molar-refractivity contribution in [2.75, 3.05) is 25.1 Å². The molecule has 7 heteroatoms. The number of nitrogens with one attached hydrogen (secondary N) is 1. The first-order chi connectivity index (χ1) is 8.54. The SMILES string of the molecule is CSCC[C@H](NC(=O)N1CCCC(N)C1)C(=O)O. The molecule has 104 valence electrons. The molecule has 18 heavy (non-hydrogen) atoms. The number of urea groups is 1. The molecule has 0 aliphatic carbocycles. The molecule has 0 aromatic carbocycles. The molecule has 1 aliphatic heterocycles. The summed E-state index contributed by atoms with van der Waals surface area (Å²) in [5.41, 5.74) is 5.79. The molecule has 1 heterocycles. The predicted octanol–water partition coefficient (Wildman–Crippen LogP) is 0.325. The van der Waals surface area contributed by atoms with Gasteiger partial charge in [0.15, 0.2) is 0 Å². The van der Waals surface area contributed by atoms with Gasteiger partial charge in [0.1, 0.15) is 6.04 Å². The Balaban J connectivity index is 2.46. The monoisotopic (exact) mass is 275 g/mol. The predicted molar refractivity (Wildman–Crippen MR) is 71.7 cm³/mol. The van der Waals surface area contributed by atoms with Crippen molar-refractivity contribution in [2.24, 2.45) is 5.73 Å². The number of likely N-dealkylation sites (tertiary alicyclic amines) is 1. The number of rotatable bonds is 5. The summed E-state index contributed by atoms with van der Waals surface area (Å²) < 4.78 is 0. The van der Waals surface area contributed by atoms with E-state index in [0.29, 0.717) is 25.3 Å². The van der Waals surface area contributed by atoms with Crippen LogP contribution in [-0.2, 0) is 4.79 Å². The highest BCUT2D eigenvalue weighted by Gasteiger charge is 2.25. The van der Waals surface area contributed by atoms with Gasteiger partial charge in [-0.15, -0.1) is 0 Å². The molecule has 1 saturated heterocycles. The number of amides is 2. The van der Waals surface area contributed by atoms with E-state index in [2.05, 4.69) is 5.32 Å². The van der Waals surface area contributed by atoms with Gasteiger partial charge in [-0.05, 0) is 31.3 Å². The van der Waals surface area contributed by atoms with Gasteiger partial charge in [0.05, 0.1) is 0 Å². The average Bonchev–Trinajstić information content (AvgIpc) is 2.33. The molecule has 0 saturated carbocycles. The topological polar surface area (TPSA) is 95.7 Å². The zero-order chi connectivity index (χ0) is 13.5. The van der Waals surface area contributed by atoms with Crippen molar-refractivity contribution >= 4 is 23.8 Å². The minimum Gasteiger partial charge on any atom is -0.480 e. The number of carbonyl (C=O) groups is 2. The number of hydrogen-bond acceptors (Lipinski definition) is 4. The number of carboxylic acid groups (broad SMARTS) is 1. The summed E-state index contributed by atoms with van der Waals surface area (Å²) in [5, 5.41) is 11.6. The largest absolute Gasteiger partial charge is 0.480 e. The van der Waals surface area contributed by atoms with Crippen LogP contribution in [-0.4, -0.2) is 59.2 Å². The second kappa shape index (κ2) is 7.48. The normalized spacial score (nSPS) is 21.4. The van der Waals surface area contributed by atoms with Crippen LogP contribution in [0.3, 0.4) is 0 Å². The number of piperidine rings is 1. The Labute approximate surface area is 111 Å². The van der Waals surface area contributed by atoms with E-state index in [1.54, 1.807) is 16.7 Å². The molecule has 4 N–H and O–H groups in total. The Morgan fingerprint density at radius 2 is 2.33 bits per heavy atom. The van der Waals surface area contributed by atoms with Gasteiger partial charge >= 0.3 is 12.0 Å². The maximum absolute atomic E-state index is 11.9. The summed E-state index contributed by atoms with van der Waals surface area (Å²) in [6.45, 7) is 1.15. The summed E-state index contributed by atoms with van der Waals surface area (Å²) in [6, 6.07) is -1.14. The van der Waals surface area contributed by atoms with Crippen LogP contribution in [0.1, 0.15) is 19.3 Å². The van der Waals surface area contributed by atoms with Crippen LogP contribution in [0.2, 0.25) is 0 Å². The molecular weight excluding hydrogens is 254 g/mol. The number of nitrogens with zero attached hydrogens (tertiary/aromatic N) is 1. The lowest BCUT2D eigenvalue weighted by Crippen LogP contribution is -2.53. The van der Waals surface area contributed by atoms with Crippen LogP contribution in [0.5, 0.6) is 0 Å². The molecule has 0 radical (unpaired) electrons. The number of carbonyl (C=O) groups excluding carboxylic acids is 1. The minimum atomic E-state index is -0.987. The lowest BCUT2D eigenvalue weighted by molar-refractivity contribution is -0.139. The molecule has 0 aromatic heterocycles. The van der Waals surface area contributed by atoms with E-state index >= 15 is 0 Å². The smallest absolute Gasteiger partial charge is 0.326 e. The maximum Gasteiger partial charge on any atom is 0.326 e. The number of thioether (sulfide) groups is 1. The quantitative estimate of drug-likeness (QED) is 0.672. The molecule has 2 amide bonds. The second-order valence-electron chi connectivity index (χ2n) is 4.47. The molecule has 0 spiro atoms. The van der Waals surface area contributed by atoms with Gasteiger partial charge in [0.25, 0.3) is 0 Å². The molecule has 1 rings (SSSR count). The van der Waals surface area contributed by atoms with Gasteiger partial charge in [-0.25, -0.2) is 9.59 Å². The first kappa shape index (κ1) is 15.1. The first-order valence-electron chi connectivity index (χ1n) is 6.07. The van der Waals surface area contributed by atoms with E-state index in [4.69, 9.17) is 10.8 Å². The molecule has 1 aliphatic rings. The van der Waals surface area contributed by atoms with E-state index < -0.39 is 12.0 Å². The molecular formula is C11H21N3O3S. The van der Waals surface area contributed by atoms with Crippen LogP contribution in [0.4, 0.5) is 4.79 Å². The van der Waals surface area contributed by atoms with Crippen molar-refractivity contribution in [3.63, 3.8) is 0 Å². The van der Waals surface area contributed by atoms with Crippen LogP contribution < -0.4 is 11.1 Å². The van der Waals surface area contributed by atoms with Crippen LogP contribution in [0.25, 0.3) is 0 Å². The van der Waals surface area contributed by atoms with Crippen molar-refractivity contribution in [1.29, 1.82) is 0 Å². The van der Waals surface area contributed by atoms with Crippen LogP contribution >= 0.6 is 11.8 Å². The zero-order valence-electron chi connectivity index (χ0n) is 10.6.